The fourth-order valence-electron chi connectivity index (χ4n) is 5.67. The van der Waals surface area contributed by atoms with Crippen molar-refractivity contribution in [2.75, 3.05) is 11.4 Å². The Morgan fingerprint density at radius 3 is 2.25 bits per heavy atom. The number of amides is 4. The lowest BCUT2D eigenvalue weighted by Crippen LogP contribution is -2.56. The van der Waals surface area contributed by atoms with Crippen molar-refractivity contribution in [1.29, 1.82) is 0 Å². The molecule has 2 unspecified atom stereocenters. The van der Waals surface area contributed by atoms with Crippen molar-refractivity contribution < 1.29 is 32.3 Å². The molecule has 2 heterocycles. The van der Waals surface area contributed by atoms with E-state index in [-0.39, 0.29) is 42.7 Å². The second kappa shape index (κ2) is 12.5. The minimum Gasteiger partial charge on any atom is -0.354 e. The predicted octanol–water partition coefficient (Wildman–Crippen LogP) is 3.49. The van der Waals surface area contributed by atoms with Crippen LogP contribution in [0, 0.1) is 22.9 Å². The van der Waals surface area contributed by atoms with E-state index in [1.807, 2.05) is 18.2 Å². The summed E-state index contributed by atoms with van der Waals surface area (Å²) in [7, 11) is 0. The molecular formula is C33H33F3N4O4. The van der Waals surface area contributed by atoms with Gasteiger partial charge in [-0.15, -0.1) is 0 Å². The Labute approximate surface area is 253 Å². The van der Waals surface area contributed by atoms with Gasteiger partial charge in [0, 0.05) is 19.2 Å². The first-order chi connectivity index (χ1) is 20.9. The normalized spacial score (nSPS) is 17.5. The molecule has 0 radical (unpaired) electrons. The van der Waals surface area contributed by atoms with Gasteiger partial charge < -0.3 is 20.9 Å². The lowest BCUT2D eigenvalue weighted by molar-refractivity contribution is -0.143. The maximum absolute atomic E-state index is 13.9. The van der Waals surface area contributed by atoms with E-state index in [9.17, 15) is 32.3 Å². The number of anilines is 1. The maximum atomic E-state index is 13.9. The number of carbonyl (C=O) groups is 4. The van der Waals surface area contributed by atoms with Gasteiger partial charge in [-0.2, -0.15) is 0 Å². The van der Waals surface area contributed by atoms with Gasteiger partial charge >= 0.3 is 0 Å². The molecule has 3 aromatic rings. The molecule has 5 rings (SSSR count). The zero-order valence-corrected chi connectivity index (χ0v) is 24.4. The van der Waals surface area contributed by atoms with E-state index in [2.05, 4.69) is 16.0 Å². The lowest BCUT2D eigenvalue weighted by Gasteiger charge is -2.30. The van der Waals surface area contributed by atoms with Crippen molar-refractivity contribution >= 4 is 29.3 Å². The quantitative estimate of drug-likeness (QED) is 0.324. The van der Waals surface area contributed by atoms with Gasteiger partial charge in [-0.25, -0.2) is 13.2 Å². The van der Waals surface area contributed by atoms with Crippen molar-refractivity contribution in [3.63, 3.8) is 0 Å². The topological polar surface area (TPSA) is 108 Å². The second-order valence-corrected chi connectivity index (χ2v) is 11.7. The number of halogens is 3. The lowest BCUT2D eigenvalue weighted by atomic mass is 9.90. The second-order valence-electron chi connectivity index (χ2n) is 11.7. The molecule has 0 spiro atoms. The van der Waals surface area contributed by atoms with Gasteiger partial charge in [-0.05, 0) is 79.6 Å². The Balaban J connectivity index is 1.25. The van der Waals surface area contributed by atoms with Gasteiger partial charge in [-0.1, -0.05) is 30.3 Å². The highest BCUT2D eigenvalue weighted by Crippen LogP contribution is 2.39. The fourth-order valence-corrected chi connectivity index (χ4v) is 5.67. The zero-order valence-electron chi connectivity index (χ0n) is 24.4. The minimum atomic E-state index is -1.60. The van der Waals surface area contributed by atoms with Gasteiger partial charge in [0.2, 0.25) is 23.6 Å². The number of hydrogen-bond donors (Lipinski definition) is 3. The molecule has 3 aromatic carbocycles. The average molecular weight is 607 g/mol. The summed E-state index contributed by atoms with van der Waals surface area (Å²) in [5.74, 6) is -3.91. The van der Waals surface area contributed by atoms with E-state index in [0.29, 0.717) is 24.8 Å². The summed E-state index contributed by atoms with van der Waals surface area (Å²) in [6.45, 7) is 2.81. The van der Waals surface area contributed by atoms with Crippen LogP contribution in [0.15, 0.2) is 60.7 Å². The molecule has 0 saturated heterocycles. The predicted molar refractivity (Wildman–Crippen MR) is 157 cm³/mol. The summed E-state index contributed by atoms with van der Waals surface area (Å²) in [5.41, 5.74) is 1.95. The SMILES string of the molecule is CC(C)(C(=O)NCc1cc(F)cc(F)c1)C(=O)NC1CCc2cccc3c2N(C1=O)C(CNC(=O)Cc1ccc(F)cc1)C3. The van der Waals surface area contributed by atoms with Crippen molar-refractivity contribution in [2.45, 2.75) is 58.2 Å². The van der Waals surface area contributed by atoms with Crippen LogP contribution in [0.5, 0.6) is 0 Å². The van der Waals surface area contributed by atoms with E-state index >= 15 is 0 Å². The first kappa shape index (κ1) is 30.8. The van der Waals surface area contributed by atoms with Crippen LogP contribution in [0.25, 0.3) is 0 Å². The van der Waals surface area contributed by atoms with Crippen LogP contribution in [-0.2, 0) is 45.0 Å². The Kier molecular flexibility index (Phi) is 8.75. The molecule has 44 heavy (non-hydrogen) atoms. The number of nitrogens with one attached hydrogen (secondary N) is 3. The number of nitrogens with zero attached hydrogens (tertiary/aromatic N) is 1. The smallest absolute Gasteiger partial charge is 0.249 e. The van der Waals surface area contributed by atoms with E-state index in [4.69, 9.17) is 0 Å². The Bertz CT molecular complexity index is 1590. The maximum Gasteiger partial charge on any atom is 0.249 e. The summed E-state index contributed by atoms with van der Waals surface area (Å²) in [6, 6.07) is 13.0. The molecule has 2 aliphatic heterocycles. The van der Waals surface area contributed by atoms with Crippen molar-refractivity contribution in [3.05, 3.63) is 100 Å². The van der Waals surface area contributed by atoms with Gasteiger partial charge in [0.05, 0.1) is 18.2 Å². The largest absolute Gasteiger partial charge is 0.354 e. The van der Waals surface area contributed by atoms with Gasteiger partial charge in [0.25, 0.3) is 0 Å². The van der Waals surface area contributed by atoms with Crippen molar-refractivity contribution in [2.24, 2.45) is 5.41 Å². The zero-order chi connectivity index (χ0) is 31.6. The number of rotatable bonds is 9. The van der Waals surface area contributed by atoms with Crippen molar-refractivity contribution in [1.82, 2.24) is 16.0 Å². The summed E-state index contributed by atoms with van der Waals surface area (Å²) in [5, 5.41) is 8.19. The van der Waals surface area contributed by atoms with Crippen LogP contribution in [0.1, 0.15) is 42.5 Å². The molecule has 3 N–H and O–H groups in total. The molecule has 2 atom stereocenters. The molecule has 2 aliphatic rings. The number of para-hydroxylation sites is 1. The standard InChI is InChI=1S/C33H33F3N4O4/c1-33(2,31(43)38-17-20-12-24(35)16-25(36)13-20)32(44)39-27-11-8-21-4-3-5-22-15-26(40(29(21)22)30(27)42)18-37-28(41)14-19-6-9-23(34)10-7-19/h3-7,9-10,12-13,16,26-27H,8,11,14-15,17-18H2,1-2H3,(H,37,41)(H,38,43)(H,39,44). The number of benzene rings is 3. The third-order valence-electron chi connectivity index (χ3n) is 8.13. The Morgan fingerprint density at radius 1 is 0.864 bits per heavy atom. The van der Waals surface area contributed by atoms with Crippen molar-refractivity contribution in [3.8, 4) is 0 Å². The fraction of sp³-hybridized carbons (Fsp3) is 0.333. The number of hydrogen-bond acceptors (Lipinski definition) is 4. The van der Waals surface area contributed by atoms with Crippen LogP contribution in [0.3, 0.4) is 0 Å². The molecule has 0 bridgehead atoms. The van der Waals surface area contributed by atoms with E-state index in [1.165, 1.54) is 26.0 Å². The van der Waals surface area contributed by atoms with Crippen LogP contribution in [0.4, 0.5) is 18.9 Å². The van der Waals surface area contributed by atoms with Crippen LogP contribution < -0.4 is 20.9 Å². The molecule has 230 valence electrons. The summed E-state index contributed by atoms with van der Waals surface area (Å²) in [6.07, 6.45) is 1.39. The minimum absolute atomic E-state index is 0.0587. The highest BCUT2D eigenvalue weighted by atomic mass is 19.1. The molecule has 11 heteroatoms. The van der Waals surface area contributed by atoms with Crippen LogP contribution in [0.2, 0.25) is 0 Å². The molecule has 8 nitrogen and oxygen atoms in total. The number of carbonyl (C=O) groups excluding carboxylic acids is 4. The van der Waals surface area contributed by atoms with Gasteiger partial charge in [-0.3, -0.25) is 19.2 Å². The third-order valence-corrected chi connectivity index (χ3v) is 8.13. The molecule has 0 aliphatic carbocycles. The van der Waals surface area contributed by atoms with E-state index < -0.39 is 40.9 Å². The Hall–Kier alpha value is -4.67. The highest BCUT2D eigenvalue weighted by Gasteiger charge is 2.43. The third kappa shape index (κ3) is 6.61. The molecular weight excluding hydrogens is 573 g/mol. The van der Waals surface area contributed by atoms with Gasteiger partial charge in [0.15, 0.2) is 0 Å². The molecule has 0 saturated carbocycles. The number of aryl methyl sites for hydroxylation is 1. The average Bonchev–Trinajstić information content (AvgIpc) is 3.29. The first-order valence-corrected chi connectivity index (χ1v) is 14.4. The summed E-state index contributed by atoms with van der Waals surface area (Å²) < 4.78 is 40.3. The monoisotopic (exact) mass is 606 g/mol. The summed E-state index contributed by atoms with van der Waals surface area (Å²) in [4.78, 5) is 54.6. The van der Waals surface area contributed by atoms with Crippen LogP contribution >= 0.6 is 0 Å². The highest BCUT2D eigenvalue weighted by molar-refractivity contribution is 6.07. The summed E-state index contributed by atoms with van der Waals surface area (Å²) >= 11 is 0. The van der Waals surface area contributed by atoms with E-state index in [1.54, 1.807) is 17.0 Å². The van der Waals surface area contributed by atoms with Gasteiger partial charge in [0.1, 0.15) is 28.9 Å². The molecule has 0 aromatic heterocycles. The van der Waals surface area contributed by atoms with E-state index in [0.717, 1.165) is 35.0 Å². The van der Waals surface area contributed by atoms with Crippen LogP contribution in [-0.4, -0.2) is 42.3 Å². The Morgan fingerprint density at radius 2 is 1.55 bits per heavy atom. The first-order valence-electron chi connectivity index (χ1n) is 14.4. The molecule has 0 fully saturated rings. The molecule has 4 amide bonds.